The molecule has 8 heterocycles. The number of hydrogen-bond acceptors (Lipinski definition) is 10. The Kier molecular flexibility index (Phi) is 12.6. The van der Waals surface area contributed by atoms with Gasteiger partial charge in [0.2, 0.25) is 11.8 Å². The van der Waals surface area contributed by atoms with Crippen LogP contribution in [0.1, 0.15) is 83.2 Å². The number of hydrogen-bond donors (Lipinski definition) is 0. The van der Waals surface area contributed by atoms with E-state index >= 15 is 0 Å². The van der Waals surface area contributed by atoms with E-state index in [2.05, 4.69) is 39.7 Å². The van der Waals surface area contributed by atoms with E-state index < -0.39 is 0 Å². The van der Waals surface area contributed by atoms with E-state index in [1.807, 2.05) is 50.2 Å². The minimum atomic E-state index is -0.387. The number of benzene rings is 2. The number of aryl methyl sites for hydroxylation is 2. The van der Waals surface area contributed by atoms with Crippen molar-refractivity contribution in [1.29, 1.82) is 0 Å². The van der Waals surface area contributed by atoms with E-state index in [-0.39, 0.29) is 59.5 Å². The fourth-order valence-electron chi connectivity index (χ4n) is 10.0. The number of piperidine rings is 2. The molecule has 2 amide bonds. The monoisotopic (exact) mass is 864 g/mol. The molecule has 0 spiro atoms. The molecule has 4 aliphatic rings. The van der Waals surface area contributed by atoms with Crippen molar-refractivity contribution in [2.75, 3.05) is 13.2 Å². The van der Waals surface area contributed by atoms with Gasteiger partial charge in [-0.05, 0) is 102 Å². The zero-order chi connectivity index (χ0) is 44.2. The highest BCUT2D eigenvalue weighted by atomic mass is 19.1. The zero-order valence-corrected chi connectivity index (χ0v) is 35.9. The number of amides is 2. The van der Waals surface area contributed by atoms with Crippen molar-refractivity contribution >= 4 is 11.8 Å². The van der Waals surface area contributed by atoms with Crippen molar-refractivity contribution in [1.82, 2.24) is 39.7 Å². The fourth-order valence-corrected chi connectivity index (χ4v) is 10.0. The van der Waals surface area contributed by atoms with Gasteiger partial charge in [-0.2, -0.15) is 0 Å². The Morgan fingerprint density at radius 1 is 0.547 bits per heavy atom. The predicted octanol–water partition coefficient (Wildman–Crippen LogP) is 8.90. The lowest BCUT2D eigenvalue weighted by Gasteiger charge is -2.40. The topological polar surface area (TPSA) is 136 Å². The molecule has 0 aliphatic carbocycles. The summed E-state index contributed by atoms with van der Waals surface area (Å²) in [5.74, 6) is 1.66. The van der Waals surface area contributed by atoms with Crippen molar-refractivity contribution in [3.05, 3.63) is 144 Å². The summed E-state index contributed by atoms with van der Waals surface area (Å²) in [6.07, 6.45) is 16.9. The average molecular weight is 865 g/mol. The summed E-state index contributed by atoms with van der Waals surface area (Å²) in [6, 6.07) is 21.8. The van der Waals surface area contributed by atoms with Gasteiger partial charge in [-0.25, -0.2) is 38.7 Å². The molecule has 64 heavy (non-hydrogen) atoms. The first kappa shape index (κ1) is 42.6. The maximum Gasteiger partial charge on any atom is 0.255 e. The highest BCUT2D eigenvalue weighted by Gasteiger charge is 2.47. The average Bonchev–Trinajstić information content (AvgIpc) is 3.81. The second-order valence-electron chi connectivity index (χ2n) is 17.2. The smallest absolute Gasteiger partial charge is 0.255 e. The summed E-state index contributed by atoms with van der Waals surface area (Å²) in [7, 11) is 0. The number of carbonyl (C=O) groups excluding carboxylic acids is 2. The van der Waals surface area contributed by atoms with Gasteiger partial charge >= 0.3 is 0 Å². The largest absolute Gasteiger partial charge is 0.477 e. The molecule has 0 N–H and O–H groups in total. The van der Waals surface area contributed by atoms with Crippen LogP contribution >= 0.6 is 0 Å². The SMILES string of the molecule is Cc1ccc(-c2ncccn2)c(C(=O)N2C3CC[C@H]2CC[C@H]3COc2ccc(F)cn2)c1.Cc1ccc(-c2ncccn2)c(C(=O)N2C3CC[C@H]2CC[C@H]3COc2ccc(F)cn2)c1. The number of nitrogens with zero attached hydrogens (tertiary/aromatic N) is 8. The van der Waals surface area contributed by atoms with Gasteiger partial charge in [0, 0.05) is 84.1 Å². The number of rotatable bonds is 10. The van der Waals surface area contributed by atoms with Crippen molar-refractivity contribution in [3.63, 3.8) is 0 Å². The first-order valence-electron chi connectivity index (χ1n) is 22.1. The van der Waals surface area contributed by atoms with Crippen molar-refractivity contribution in [3.8, 4) is 34.5 Å². The van der Waals surface area contributed by atoms with Crippen LogP contribution in [0.25, 0.3) is 22.8 Å². The standard InChI is InChI=1S/2C25H25FN4O2/c2*1-16-3-8-20(24-27-11-2-12-28-24)21(13-16)25(31)30-19-6-4-17(22(30)9-7-19)15-32-23-10-5-18(26)14-29-23/h2*2-3,5,8,10-14,17,19,22H,4,6-7,9,15H2,1H3/t2*17-,19+,22?/m00/s1. The molecule has 6 aromatic rings. The predicted molar refractivity (Wildman–Crippen MR) is 235 cm³/mol. The van der Waals surface area contributed by atoms with Crippen LogP contribution in [-0.4, -0.2) is 88.9 Å². The first-order chi connectivity index (χ1) is 31.2. The van der Waals surface area contributed by atoms with Crippen LogP contribution in [0.5, 0.6) is 11.8 Å². The quantitative estimate of drug-likeness (QED) is 0.131. The van der Waals surface area contributed by atoms with Crippen LogP contribution in [0.15, 0.2) is 110 Å². The molecule has 10 rings (SSSR count). The number of aromatic nitrogens is 6. The summed E-state index contributed by atoms with van der Waals surface area (Å²) in [6.45, 7) is 4.90. The second-order valence-corrected chi connectivity index (χ2v) is 17.2. The van der Waals surface area contributed by atoms with E-state index in [0.29, 0.717) is 47.7 Å². The maximum atomic E-state index is 13.8. The van der Waals surface area contributed by atoms with Gasteiger partial charge in [0.15, 0.2) is 11.6 Å². The minimum absolute atomic E-state index is 0.0354. The van der Waals surface area contributed by atoms with Gasteiger partial charge in [-0.3, -0.25) is 9.59 Å². The van der Waals surface area contributed by atoms with Crippen LogP contribution in [0.4, 0.5) is 8.78 Å². The summed E-state index contributed by atoms with van der Waals surface area (Å²) in [5, 5.41) is 0. The third kappa shape index (κ3) is 9.18. The molecule has 0 radical (unpaired) electrons. The van der Waals surface area contributed by atoms with Crippen LogP contribution in [0.2, 0.25) is 0 Å². The van der Waals surface area contributed by atoms with Gasteiger partial charge in [-0.15, -0.1) is 0 Å². The molecule has 4 saturated heterocycles. The Hall–Kier alpha value is -6.70. The normalized spacial score (nSPS) is 22.1. The summed E-state index contributed by atoms with van der Waals surface area (Å²) in [4.78, 5) is 57.3. The molecule has 14 heteroatoms. The second kappa shape index (κ2) is 19.0. The molecule has 4 bridgehead atoms. The Balaban J connectivity index is 0.000000162. The number of carbonyl (C=O) groups is 2. The van der Waals surface area contributed by atoms with Gasteiger partial charge in [0.05, 0.1) is 36.7 Å². The number of ether oxygens (including phenoxy) is 2. The Labute approximate surface area is 371 Å². The fraction of sp³-hybridized carbons (Fsp3) is 0.360. The van der Waals surface area contributed by atoms with Gasteiger partial charge in [-0.1, -0.05) is 35.4 Å². The van der Waals surface area contributed by atoms with Gasteiger partial charge in [0.25, 0.3) is 11.8 Å². The summed E-state index contributed by atoms with van der Waals surface area (Å²) in [5.41, 5.74) is 4.87. The molecule has 4 fully saturated rings. The van der Waals surface area contributed by atoms with Crippen LogP contribution in [-0.2, 0) is 0 Å². The third-order valence-corrected chi connectivity index (χ3v) is 13.1. The lowest BCUT2D eigenvalue weighted by molar-refractivity contribution is 0.0396. The number of pyridine rings is 2. The molecular formula is C50H50F2N8O4. The molecule has 12 nitrogen and oxygen atoms in total. The molecule has 328 valence electrons. The molecule has 2 aromatic carbocycles. The highest BCUT2D eigenvalue weighted by molar-refractivity contribution is 6.01. The minimum Gasteiger partial charge on any atom is -0.477 e. The first-order valence-corrected chi connectivity index (χ1v) is 22.1. The maximum absolute atomic E-state index is 13.8. The molecular weight excluding hydrogens is 815 g/mol. The molecule has 2 unspecified atom stereocenters. The molecule has 4 aromatic heterocycles. The Bertz CT molecular complexity index is 2390. The van der Waals surface area contributed by atoms with E-state index in [4.69, 9.17) is 9.47 Å². The summed E-state index contributed by atoms with van der Waals surface area (Å²) >= 11 is 0. The Morgan fingerprint density at radius 3 is 1.34 bits per heavy atom. The molecule has 0 saturated carbocycles. The van der Waals surface area contributed by atoms with Crippen LogP contribution in [0.3, 0.4) is 0 Å². The lowest BCUT2D eigenvalue weighted by Crippen LogP contribution is -2.49. The Morgan fingerprint density at radius 2 is 0.953 bits per heavy atom. The van der Waals surface area contributed by atoms with Gasteiger partial charge < -0.3 is 19.3 Å². The van der Waals surface area contributed by atoms with Crippen molar-refractivity contribution < 1.29 is 27.8 Å². The zero-order valence-electron chi connectivity index (χ0n) is 35.9. The summed E-state index contributed by atoms with van der Waals surface area (Å²) < 4.78 is 38.0. The number of fused-ring (bicyclic) bond motifs is 4. The third-order valence-electron chi connectivity index (χ3n) is 13.1. The van der Waals surface area contributed by atoms with E-state index in [0.717, 1.165) is 86.0 Å². The van der Waals surface area contributed by atoms with Crippen molar-refractivity contribution in [2.24, 2.45) is 11.8 Å². The van der Waals surface area contributed by atoms with E-state index in [1.54, 1.807) is 36.9 Å². The van der Waals surface area contributed by atoms with E-state index in [1.165, 1.54) is 24.3 Å². The number of halogens is 2. The molecule has 6 atom stereocenters. The van der Waals surface area contributed by atoms with Crippen LogP contribution < -0.4 is 9.47 Å². The molecule has 4 aliphatic heterocycles. The van der Waals surface area contributed by atoms with E-state index in [9.17, 15) is 18.4 Å². The van der Waals surface area contributed by atoms with Gasteiger partial charge in [0.1, 0.15) is 11.6 Å². The van der Waals surface area contributed by atoms with Crippen LogP contribution in [0, 0.1) is 37.3 Å². The highest BCUT2D eigenvalue weighted by Crippen LogP contribution is 2.43. The lowest BCUT2D eigenvalue weighted by atomic mass is 9.89. The van der Waals surface area contributed by atoms with Crippen molar-refractivity contribution in [2.45, 2.75) is 89.4 Å².